The first-order valence-corrected chi connectivity index (χ1v) is 5.80. The maximum Gasteiger partial charge on any atom is 0.336 e. The van der Waals surface area contributed by atoms with Gasteiger partial charge in [0.2, 0.25) is 0 Å². The normalized spacial score (nSPS) is 10.7. The molecular weight excluding hydrogens is 248 g/mol. The van der Waals surface area contributed by atoms with Gasteiger partial charge in [-0.25, -0.2) is 4.79 Å². The molecule has 2 nitrogen and oxygen atoms in total. The molecular formula is C15H11ClO2. The largest absolute Gasteiger partial charge is 0.478 e. The lowest BCUT2D eigenvalue weighted by Gasteiger charge is -2.00. The SMILES string of the molecule is O=C(O)c1ccccc1/C=C/c1cccc(Cl)c1. The zero-order chi connectivity index (χ0) is 13.0. The third-order valence-corrected chi connectivity index (χ3v) is 2.73. The molecule has 0 aromatic heterocycles. The number of aromatic carboxylic acids is 1. The summed E-state index contributed by atoms with van der Waals surface area (Å²) >= 11 is 5.88. The predicted molar refractivity (Wildman–Crippen MR) is 73.8 cm³/mol. The Balaban J connectivity index is 2.32. The van der Waals surface area contributed by atoms with Crippen LogP contribution < -0.4 is 0 Å². The van der Waals surface area contributed by atoms with Crippen molar-refractivity contribution in [2.45, 2.75) is 0 Å². The monoisotopic (exact) mass is 258 g/mol. The van der Waals surface area contributed by atoms with E-state index >= 15 is 0 Å². The van der Waals surface area contributed by atoms with Crippen molar-refractivity contribution in [3.8, 4) is 0 Å². The van der Waals surface area contributed by atoms with Crippen molar-refractivity contribution in [2.24, 2.45) is 0 Å². The van der Waals surface area contributed by atoms with Crippen LogP contribution in [0.15, 0.2) is 48.5 Å². The van der Waals surface area contributed by atoms with Gasteiger partial charge in [0.1, 0.15) is 0 Å². The molecule has 0 unspecified atom stereocenters. The van der Waals surface area contributed by atoms with Crippen LogP contribution in [0.3, 0.4) is 0 Å². The molecule has 0 saturated heterocycles. The van der Waals surface area contributed by atoms with Crippen molar-refractivity contribution < 1.29 is 9.90 Å². The second-order valence-corrected chi connectivity index (χ2v) is 4.22. The molecule has 1 N–H and O–H groups in total. The number of benzene rings is 2. The summed E-state index contributed by atoms with van der Waals surface area (Å²) in [5.41, 5.74) is 1.89. The Bertz CT molecular complexity index is 603. The van der Waals surface area contributed by atoms with Crippen LogP contribution in [0.2, 0.25) is 5.02 Å². The molecule has 90 valence electrons. The molecule has 0 bridgehead atoms. The van der Waals surface area contributed by atoms with Crippen LogP contribution in [-0.2, 0) is 0 Å². The lowest BCUT2D eigenvalue weighted by Crippen LogP contribution is -1.98. The minimum atomic E-state index is -0.929. The van der Waals surface area contributed by atoms with Crippen LogP contribution in [0.1, 0.15) is 21.5 Å². The molecule has 3 heteroatoms. The number of hydrogen-bond donors (Lipinski definition) is 1. The van der Waals surface area contributed by atoms with Gasteiger partial charge in [-0.3, -0.25) is 0 Å². The summed E-state index contributed by atoms with van der Waals surface area (Å²) < 4.78 is 0. The second kappa shape index (κ2) is 5.52. The molecule has 2 aromatic rings. The van der Waals surface area contributed by atoms with Gasteiger partial charge in [-0.1, -0.05) is 54.1 Å². The quantitative estimate of drug-likeness (QED) is 0.838. The van der Waals surface area contributed by atoms with E-state index < -0.39 is 5.97 Å². The Labute approximate surface area is 110 Å². The van der Waals surface area contributed by atoms with Crippen molar-refractivity contribution in [3.05, 3.63) is 70.2 Å². The molecule has 0 aliphatic carbocycles. The fraction of sp³-hybridized carbons (Fsp3) is 0. The van der Waals surface area contributed by atoms with Crippen molar-refractivity contribution >= 4 is 29.7 Å². The number of halogens is 1. The van der Waals surface area contributed by atoms with Crippen LogP contribution >= 0.6 is 11.6 Å². The summed E-state index contributed by atoms with van der Waals surface area (Å²) in [5, 5.41) is 9.71. The van der Waals surface area contributed by atoms with E-state index in [9.17, 15) is 4.79 Å². The second-order valence-electron chi connectivity index (χ2n) is 3.78. The average molecular weight is 259 g/mol. The maximum absolute atomic E-state index is 11.0. The Morgan fingerprint density at radius 1 is 1.06 bits per heavy atom. The van der Waals surface area contributed by atoms with Gasteiger partial charge in [-0.2, -0.15) is 0 Å². The third-order valence-electron chi connectivity index (χ3n) is 2.50. The van der Waals surface area contributed by atoms with Crippen LogP contribution in [0.5, 0.6) is 0 Å². The van der Waals surface area contributed by atoms with E-state index in [1.165, 1.54) is 0 Å². The molecule has 0 saturated carbocycles. The summed E-state index contributed by atoms with van der Waals surface area (Å²) in [5.74, 6) is -0.929. The van der Waals surface area contributed by atoms with E-state index in [1.54, 1.807) is 30.3 Å². The molecule has 0 fully saturated rings. The van der Waals surface area contributed by atoms with E-state index in [0.29, 0.717) is 10.6 Å². The van der Waals surface area contributed by atoms with Gasteiger partial charge in [-0.05, 0) is 29.3 Å². The summed E-state index contributed by atoms with van der Waals surface area (Å²) in [6.07, 6.45) is 3.61. The Morgan fingerprint density at radius 2 is 1.83 bits per heavy atom. The lowest BCUT2D eigenvalue weighted by molar-refractivity contribution is 0.0696. The van der Waals surface area contributed by atoms with Gasteiger partial charge in [0.05, 0.1) is 5.56 Å². The first kappa shape index (κ1) is 12.4. The molecule has 0 atom stereocenters. The molecule has 0 heterocycles. The van der Waals surface area contributed by atoms with Crippen LogP contribution in [0.4, 0.5) is 0 Å². The van der Waals surface area contributed by atoms with E-state index in [2.05, 4.69) is 0 Å². The van der Waals surface area contributed by atoms with Gasteiger partial charge in [0.25, 0.3) is 0 Å². The molecule has 0 spiro atoms. The summed E-state index contributed by atoms with van der Waals surface area (Å²) in [6, 6.07) is 14.2. The van der Waals surface area contributed by atoms with E-state index in [1.807, 2.05) is 30.3 Å². The number of carboxylic acids is 1. The first-order valence-electron chi connectivity index (χ1n) is 5.43. The zero-order valence-electron chi connectivity index (χ0n) is 9.51. The van der Waals surface area contributed by atoms with E-state index in [4.69, 9.17) is 16.7 Å². The number of rotatable bonds is 3. The third kappa shape index (κ3) is 2.99. The Morgan fingerprint density at radius 3 is 2.56 bits per heavy atom. The molecule has 0 aliphatic heterocycles. The van der Waals surface area contributed by atoms with E-state index in [0.717, 1.165) is 5.56 Å². The maximum atomic E-state index is 11.0. The highest BCUT2D eigenvalue weighted by molar-refractivity contribution is 6.30. The molecule has 0 radical (unpaired) electrons. The Kier molecular flexibility index (Phi) is 3.80. The highest BCUT2D eigenvalue weighted by Gasteiger charge is 2.05. The number of carbonyl (C=O) groups is 1. The number of hydrogen-bond acceptors (Lipinski definition) is 1. The van der Waals surface area contributed by atoms with Crippen LogP contribution in [0, 0.1) is 0 Å². The highest BCUT2D eigenvalue weighted by Crippen LogP contribution is 2.16. The number of carboxylic acid groups (broad SMARTS) is 1. The van der Waals surface area contributed by atoms with Gasteiger partial charge in [-0.15, -0.1) is 0 Å². The molecule has 2 rings (SSSR count). The van der Waals surface area contributed by atoms with Crippen molar-refractivity contribution in [2.75, 3.05) is 0 Å². The molecule has 0 amide bonds. The average Bonchev–Trinajstić information content (AvgIpc) is 2.37. The van der Waals surface area contributed by atoms with Gasteiger partial charge >= 0.3 is 5.97 Å². The molecule has 0 aliphatic rings. The first-order chi connectivity index (χ1) is 8.66. The van der Waals surface area contributed by atoms with Crippen molar-refractivity contribution in [1.82, 2.24) is 0 Å². The fourth-order valence-corrected chi connectivity index (χ4v) is 1.83. The highest BCUT2D eigenvalue weighted by atomic mass is 35.5. The van der Waals surface area contributed by atoms with Crippen LogP contribution in [-0.4, -0.2) is 11.1 Å². The van der Waals surface area contributed by atoms with Crippen molar-refractivity contribution in [3.63, 3.8) is 0 Å². The minimum Gasteiger partial charge on any atom is -0.478 e. The summed E-state index contributed by atoms with van der Waals surface area (Å²) in [6.45, 7) is 0. The topological polar surface area (TPSA) is 37.3 Å². The summed E-state index contributed by atoms with van der Waals surface area (Å²) in [7, 11) is 0. The summed E-state index contributed by atoms with van der Waals surface area (Å²) in [4.78, 5) is 11.0. The predicted octanol–water partition coefficient (Wildman–Crippen LogP) is 4.21. The zero-order valence-corrected chi connectivity index (χ0v) is 10.3. The van der Waals surface area contributed by atoms with Gasteiger partial charge in [0, 0.05) is 5.02 Å². The van der Waals surface area contributed by atoms with Crippen molar-refractivity contribution in [1.29, 1.82) is 0 Å². The molecule has 2 aromatic carbocycles. The van der Waals surface area contributed by atoms with Gasteiger partial charge < -0.3 is 5.11 Å². The van der Waals surface area contributed by atoms with E-state index in [-0.39, 0.29) is 5.56 Å². The molecule has 18 heavy (non-hydrogen) atoms. The van der Waals surface area contributed by atoms with Crippen LogP contribution in [0.25, 0.3) is 12.2 Å². The smallest absolute Gasteiger partial charge is 0.336 e. The fourth-order valence-electron chi connectivity index (χ4n) is 1.63. The minimum absolute atomic E-state index is 0.288. The lowest BCUT2D eigenvalue weighted by atomic mass is 10.1. The van der Waals surface area contributed by atoms with Gasteiger partial charge in [0.15, 0.2) is 0 Å². The standard InChI is InChI=1S/C15H11ClO2/c16-13-6-3-4-11(10-13)8-9-12-5-1-2-7-14(12)15(17)18/h1-10H,(H,17,18)/b9-8+. The Hall–Kier alpha value is -2.06.